The average molecular weight is 415 g/mol. The molecule has 3 heterocycles. The number of hydrogen-bond acceptors (Lipinski definition) is 8. The number of aromatic nitrogens is 4. The van der Waals surface area contributed by atoms with E-state index in [0.29, 0.717) is 30.5 Å². The lowest BCUT2D eigenvalue weighted by atomic mass is 10.2. The SMILES string of the molecule is CCOc1ccc(-n2ncc(C(=O)O[C@@H](C)C(=O)NCc3cccs3)c2C)nn1. The van der Waals surface area contributed by atoms with Gasteiger partial charge in [-0.2, -0.15) is 5.10 Å². The summed E-state index contributed by atoms with van der Waals surface area (Å²) in [5, 5.41) is 16.9. The zero-order valence-electron chi connectivity index (χ0n) is 16.3. The predicted molar refractivity (Wildman–Crippen MR) is 106 cm³/mol. The third kappa shape index (κ3) is 4.96. The van der Waals surface area contributed by atoms with Crippen molar-refractivity contribution in [3.8, 4) is 11.7 Å². The van der Waals surface area contributed by atoms with Crippen LogP contribution >= 0.6 is 11.3 Å². The molecular weight excluding hydrogens is 394 g/mol. The van der Waals surface area contributed by atoms with Crippen LogP contribution in [0, 0.1) is 6.92 Å². The maximum absolute atomic E-state index is 12.5. The molecule has 1 amide bonds. The number of ether oxygens (including phenoxy) is 2. The van der Waals surface area contributed by atoms with Crippen LogP contribution in [0.1, 0.15) is 34.8 Å². The summed E-state index contributed by atoms with van der Waals surface area (Å²) >= 11 is 1.54. The third-order valence-electron chi connectivity index (χ3n) is 4.03. The average Bonchev–Trinajstić information content (AvgIpc) is 3.36. The van der Waals surface area contributed by atoms with Crippen LogP contribution in [0.3, 0.4) is 0 Å². The van der Waals surface area contributed by atoms with E-state index in [1.54, 1.807) is 30.4 Å². The van der Waals surface area contributed by atoms with Gasteiger partial charge in [0, 0.05) is 10.9 Å². The van der Waals surface area contributed by atoms with Crippen LogP contribution < -0.4 is 10.1 Å². The molecule has 3 aromatic heterocycles. The highest BCUT2D eigenvalue weighted by Crippen LogP contribution is 2.15. The lowest BCUT2D eigenvalue weighted by Crippen LogP contribution is -2.35. The summed E-state index contributed by atoms with van der Waals surface area (Å²) in [4.78, 5) is 25.7. The Hall–Kier alpha value is -3.27. The molecule has 0 bridgehead atoms. The van der Waals surface area contributed by atoms with Gasteiger partial charge in [-0.25, -0.2) is 9.48 Å². The van der Waals surface area contributed by atoms with Crippen molar-refractivity contribution in [3.05, 3.63) is 52.0 Å². The van der Waals surface area contributed by atoms with Gasteiger partial charge in [0.05, 0.1) is 25.0 Å². The number of hydrogen-bond donors (Lipinski definition) is 1. The Balaban J connectivity index is 1.63. The van der Waals surface area contributed by atoms with E-state index >= 15 is 0 Å². The number of esters is 1. The maximum atomic E-state index is 12.5. The second-order valence-corrected chi connectivity index (χ2v) is 7.10. The summed E-state index contributed by atoms with van der Waals surface area (Å²) in [6.07, 6.45) is 0.446. The Morgan fingerprint density at radius 3 is 2.76 bits per heavy atom. The van der Waals surface area contributed by atoms with E-state index in [1.807, 2.05) is 24.4 Å². The molecule has 3 rings (SSSR count). The summed E-state index contributed by atoms with van der Waals surface area (Å²) in [6, 6.07) is 7.19. The van der Waals surface area contributed by atoms with E-state index in [1.165, 1.54) is 17.8 Å². The van der Waals surface area contributed by atoms with Gasteiger partial charge in [0.1, 0.15) is 5.56 Å². The van der Waals surface area contributed by atoms with Gasteiger partial charge in [-0.05, 0) is 38.3 Å². The molecular formula is C19H21N5O4S. The minimum absolute atomic E-state index is 0.249. The first kappa shape index (κ1) is 20.5. The topological polar surface area (TPSA) is 108 Å². The largest absolute Gasteiger partial charge is 0.477 e. The van der Waals surface area contributed by atoms with E-state index in [4.69, 9.17) is 9.47 Å². The lowest BCUT2D eigenvalue weighted by Gasteiger charge is -2.13. The molecule has 0 unspecified atom stereocenters. The molecule has 0 fully saturated rings. The number of carbonyl (C=O) groups is 2. The highest BCUT2D eigenvalue weighted by Gasteiger charge is 2.22. The third-order valence-corrected chi connectivity index (χ3v) is 4.91. The van der Waals surface area contributed by atoms with Crippen LogP contribution in [0.2, 0.25) is 0 Å². The molecule has 0 saturated heterocycles. The number of nitrogens with one attached hydrogen (secondary N) is 1. The summed E-state index contributed by atoms with van der Waals surface area (Å²) in [7, 11) is 0. The summed E-state index contributed by atoms with van der Waals surface area (Å²) in [5.74, 6) is -0.157. The van der Waals surface area contributed by atoms with Crippen molar-refractivity contribution in [1.29, 1.82) is 0 Å². The Morgan fingerprint density at radius 1 is 1.28 bits per heavy atom. The smallest absolute Gasteiger partial charge is 0.342 e. The van der Waals surface area contributed by atoms with Crippen molar-refractivity contribution >= 4 is 23.2 Å². The van der Waals surface area contributed by atoms with Gasteiger partial charge in [-0.3, -0.25) is 4.79 Å². The predicted octanol–water partition coefficient (Wildman–Crippen LogP) is 2.29. The number of thiophene rings is 1. The highest BCUT2D eigenvalue weighted by atomic mass is 32.1. The van der Waals surface area contributed by atoms with Crippen molar-refractivity contribution in [2.45, 2.75) is 33.4 Å². The summed E-state index contributed by atoms with van der Waals surface area (Å²) in [5.41, 5.74) is 0.776. The van der Waals surface area contributed by atoms with Crippen molar-refractivity contribution in [2.75, 3.05) is 6.61 Å². The fourth-order valence-corrected chi connectivity index (χ4v) is 3.15. The first-order valence-corrected chi connectivity index (χ1v) is 9.90. The van der Waals surface area contributed by atoms with Crippen LogP contribution in [0.15, 0.2) is 35.8 Å². The number of amides is 1. The highest BCUT2D eigenvalue weighted by molar-refractivity contribution is 7.09. The molecule has 152 valence electrons. The summed E-state index contributed by atoms with van der Waals surface area (Å²) < 4.78 is 12.0. The second kappa shape index (κ2) is 9.28. The zero-order chi connectivity index (χ0) is 20.8. The second-order valence-electron chi connectivity index (χ2n) is 6.06. The standard InChI is InChI=1S/C19H21N5O4S/c1-4-27-17-8-7-16(22-23-17)24-12(2)15(11-21-24)19(26)28-13(3)18(25)20-10-14-6-5-9-29-14/h5-9,11,13H,4,10H2,1-3H3,(H,20,25)/t13-/m0/s1. The maximum Gasteiger partial charge on any atom is 0.342 e. The Labute approximate surface area is 171 Å². The molecule has 0 spiro atoms. The van der Waals surface area contributed by atoms with Crippen molar-refractivity contribution in [3.63, 3.8) is 0 Å². The van der Waals surface area contributed by atoms with Crippen LogP contribution in [0.4, 0.5) is 0 Å². The van der Waals surface area contributed by atoms with E-state index < -0.39 is 12.1 Å². The number of carbonyl (C=O) groups excluding carboxylic acids is 2. The quantitative estimate of drug-likeness (QED) is 0.562. The van der Waals surface area contributed by atoms with Gasteiger partial charge >= 0.3 is 5.97 Å². The van der Waals surface area contributed by atoms with Crippen molar-refractivity contribution in [2.24, 2.45) is 0 Å². The molecule has 0 aliphatic carbocycles. The number of rotatable bonds is 8. The summed E-state index contributed by atoms with van der Waals surface area (Å²) in [6.45, 7) is 5.98. The molecule has 0 saturated carbocycles. The van der Waals surface area contributed by atoms with E-state index in [-0.39, 0.29) is 11.5 Å². The van der Waals surface area contributed by atoms with Crippen LogP contribution in [0.5, 0.6) is 5.88 Å². The zero-order valence-corrected chi connectivity index (χ0v) is 17.1. The van der Waals surface area contributed by atoms with E-state index in [0.717, 1.165) is 4.88 Å². The molecule has 10 heteroatoms. The van der Waals surface area contributed by atoms with Gasteiger partial charge in [0.2, 0.25) is 5.88 Å². The van der Waals surface area contributed by atoms with Crippen molar-refractivity contribution < 1.29 is 19.1 Å². The van der Waals surface area contributed by atoms with Gasteiger partial charge in [0.15, 0.2) is 11.9 Å². The van der Waals surface area contributed by atoms with Gasteiger partial charge in [0.25, 0.3) is 5.91 Å². The van der Waals surface area contributed by atoms with Crippen LogP contribution in [0.25, 0.3) is 5.82 Å². The Kier molecular flexibility index (Phi) is 6.55. The molecule has 0 aliphatic rings. The lowest BCUT2D eigenvalue weighted by molar-refractivity contribution is -0.129. The van der Waals surface area contributed by atoms with Crippen LogP contribution in [-0.4, -0.2) is 44.6 Å². The van der Waals surface area contributed by atoms with Gasteiger partial charge < -0.3 is 14.8 Å². The van der Waals surface area contributed by atoms with Gasteiger partial charge in [-0.15, -0.1) is 21.5 Å². The monoisotopic (exact) mass is 415 g/mol. The normalized spacial score (nSPS) is 11.7. The van der Waals surface area contributed by atoms with E-state index in [9.17, 15) is 9.59 Å². The molecule has 0 aromatic carbocycles. The molecule has 1 N–H and O–H groups in total. The minimum atomic E-state index is -0.935. The molecule has 0 radical (unpaired) electrons. The van der Waals surface area contributed by atoms with Crippen LogP contribution in [-0.2, 0) is 16.1 Å². The van der Waals surface area contributed by atoms with Gasteiger partial charge in [-0.1, -0.05) is 6.07 Å². The Bertz CT molecular complexity index is 969. The molecule has 1 atom stereocenters. The van der Waals surface area contributed by atoms with Crippen molar-refractivity contribution in [1.82, 2.24) is 25.3 Å². The molecule has 29 heavy (non-hydrogen) atoms. The Morgan fingerprint density at radius 2 is 2.10 bits per heavy atom. The molecule has 3 aromatic rings. The first-order chi connectivity index (χ1) is 14.0. The molecule has 9 nitrogen and oxygen atoms in total. The molecule has 0 aliphatic heterocycles. The minimum Gasteiger partial charge on any atom is -0.477 e. The van der Waals surface area contributed by atoms with E-state index in [2.05, 4.69) is 20.6 Å². The first-order valence-electron chi connectivity index (χ1n) is 9.02. The fourth-order valence-electron chi connectivity index (χ4n) is 2.50. The number of nitrogens with zero attached hydrogens (tertiary/aromatic N) is 4. The fraction of sp³-hybridized carbons (Fsp3) is 0.316.